The van der Waals surface area contributed by atoms with Crippen LogP contribution in [0.1, 0.15) is 57.6 Å². The first kappa shape index (κ1) is 15.7. The summed E-state index contributed by atoms with van der Waals surface area (Å²) in [5.74, 6) is 0.593. The highest BCUT2D eigenvalue weighted by molar-refractivity contribution is 5.24. The van der Waals surface area contributed by atoms with Crippen molar-refractivity contribution in [1.29, 1.82) is 5.26 Å². The van der Waals surface area contributed by atoms with Crippen LogP contribution < -0.4 is 5.32 Å². The van der Waals surface area contributed by atoms with E-state index in [0.29, 0.717) is 5.92 Å². The third kappa shape index (κ3) is 5.89. The molecule has 0 unspecified atom stereocenters. The molecule has 1 aromatic carbocycles. The summed E-state index contributed by atoms with van der Waals surface area (Å²) in [6.45, 7) is 10.3. The third-order valence-electron chi connectivity index (χ3n) is 3.43. The van der Waals surface area contributed by atoms with Crippen LogP contribution in [0.25, 0.3) is 0 Å². The lowest BCUT2D eigenvalue weighted by atomic mass is 9.90. The molecule has 0 aliphatic carbocycles. The molecular weight excluding hydrogens is 232 g/mol. The van der Waals surface area contributed by atoms with Gasteiger partial charge in [0.05, 0.1) is 11.5 Å². The minimum absolute atomic E-state index is 0.194. The Kier molecular flexibility index (Phi) is 6.05. The van der Waals surface area contributed by atoms with Gasteiger partial charge in [0, 0.05) is 6.54 Å². The second-order valence-corrected chi connectivity index (χ2v) is 6.17. The predicted molar refractivity (Wildman–Crippen MR) is 80.9 cm³/mol. The van der Waals surface area contributed by atoms with E-state index in [-0.39, 0.29) is 5.41 Å². The molecule has 104 valence electrons. The van der Waals surface area contributed by atoms with E-state index >= 15 is 0 Å². The second kappa shape index (κ2) is 7.31. The van der Waals surface area contributed by atoms with Crippen LogP contribution in [0.15, 0.2) is 24.3 Å². The van der Waals surface area contributed by atoms with E-state index in [9.17, 15) is 0 Å². The van der Waals surface area contributed by atoms with Gasteiger partial charge in [-0.05, 0) is 50.3 Å². The normalized spacial score (nSPS) is 11.6. The summed E-state index contributed by atoms with van der Waals surface area (Å²) < 4.78 is 0. The molecule has 0 heterocycles. The molecule has 2 heteroatoms. The van der Waals surface area contributed by atoms with Gasteiger partial charge in [0.1, 0.15) is 0 Å². The number of nitrogens with zero attached hydrogens (tertiary/aromatic N) is 1. The molecule has 0 saturated heterocycles. The molecule has 0 bridgehead atoms. The Bertz CT molecular complexity index is 410. The lowest BCUT2D eigenvalue weighted by molar-refractivity contribution is 0.426. The molecule has 0 amide bonds. The summed E-state index contributed by atoms with van der Waals surface area (Å²) in [6.07, 6.45) is 1.99. The Morgan fingerprint density at radius 2 is 1.84 bits per heavy atom. The third-order valence-corrected chi connectivity index (χ3v) is 3.43. The summed E-state index contributed by atoms with van der Waals surface area (Å²) >= 11 is 0. The predicted octanol–water partition coefficient (Wildman–Crippen LogP) is 4.23. The van der Waals surface area contributed by atoms with Crippen molar-refractivity contribution in [3.63, 3.8) is 0 Å². The lowest BCUT2D eigenvalue weighted by Gasteiger charge is -2.14. The van der Waals surface area contributed by atoms with Crippen molar-refractivity contribution in [2.24, 2.45) is 5.41 Å². The van der Waals surface area contributed by atoms with E-state index in [1.807, 2.05) is 13.8 Å². The smallest absolute Gasteiger partial charge is 0.0683 e. The van der Waals surface area contributed by atoms with Crippen LogP contribution in [-0.2, 0) is 6.54 Å². The Balaban J connectivity index is 2.25. The number of benzene rings is 1. The average Bonchev–Trinajstić information content (AvgIpc) is 2.39. The molecule has 1 rings (SSSR count). The second-order valence-electron chi connectivity index (χ2n) is 6.17. The van der Waals surface area contributed by atoms with Gasteiger partial charge in [-0.2, -0.15) is 5.26 Å². The van der Waals surface area contributed by atoms with Crippen molar-refractivity contribution in [2.45, 2.75) is 53.0 Å². The number of nitrogens with one attached hydrogen (secondary N) is 1. The molecule has 0 atom stereocenters. The quantitative estimate of drug-likeness (QED) is 0.743. The van der Waals surface area contributed by atoms with Gasteiger partial charge in [-0.1, -0.05) is 38.1 Å². The zero-order chi connectivity index (χ0) is 14.3. The maximum atomic E-state index is 8.93. The van der Waals surface area contributed by atoms with Crippen molar-refractivity contribution in [2.75, 3.05) is 6.54 Å². The van der Waals surface area contributed by atoms with Gasteiger partial charge in [0.2, 0.25) is 0 Å². The van der Waals surface area contributed by atoms with E-state index in [0.717, 1.165) is 25.9 Å². The highest BCUT2D eigenvalue weighted by atomic mass is 14.8. The zero-order valence-electron chi connectivity index (χ0n) is 12.7. The fraction of sp³-hybridized carbons (Fsp3) is 0.588. The van der Waals surface area contributed by atoms with Crippen LogP contribution in [0, 0.1) is 16.7 Å². The van der Waals surface area contributed by atoms with Crippen molar-refractivity contribution in [3.05, 3.63) is 35.4 Å². The summed E-state index contributed by atoms with van der Waals surface area (Å²) in [5.41, 5.74) is 2.52. The van der Waals surface area contributed by atoms with Gasteiger partial charge in [-0.25, -0.2) is 0 Å². The number of nitriles is 1. The number of rotatable bonds is 7. The first-order valence-electron chi connectivity index (χ1n) is 7.15. The maximum Gasteiger partial charge on any atom is 0.0683 e. The number of hydrogen-bond donors (Lipinski definition) is 1. The highest BCUT2D eigenvalue weighted by Crippen LogP contribution is 2.20. The van der Waals surface area contributed by atoms with Gasteiger partial charge in [0.25, 0.3) is 0 Å². The van der Waals surface area contributed by atoms with Crippen molar-refractivity contribution in [1.82, 2.24) is 5.32 Å². The first-order valence-corrected chi connectivity index (χ1v) is 7.15. The molecule has 0 aromatic heterocycles. The Morgan fingerprint density at radius 3 is 2.37 bits per heavy atom. The van der Waals surface area contributed by atoms with E-state index < -0.39 is 0 Å². The Morgan fingerprint density at radius 1 is 1.21 bits per heavy atom. The van der Waals surface area contributed by atoms with Crippen molar-refractivity contribution < 1.29 is 0 Å². The van der Waals surface area contributed by atoms with Crippen LogP contribution in [-0.4, -0.2) is 6.54 Å². The van der Waals surface area contributed by atoms with Crippen LogP contribution in [0.3, 0.4) is 0 Å². The lowest BCUT2D eigenvalue weighted by Crippen LogP contribution is -2.17. The van der Waals surface area contributed by atoms with Gasteiger partial charge < -0.3 is 5.32 Å². The SMILES string of the molecule is CC(C)c1ccc(CNCCCC(C)(C)C#N)cc1. The average molecular weight is 258 g/mol. The first-order chi connectivity index (χ1) is 8.94. The summed E-state index contributed by atoms with van der Waals surface area (Å²) in [5, 5.41) is 12.4. The largest absolute Gasteiger partial charge is 0.313 e. The summed E-state index contributed by atoms with van der Waals surface area (Å²) in [7, 11) is 0. The van der Waals surface area contributed by atoms with Gasteiger partial charge in [-0.15, -0.1) is 0 Å². The molecule has 0 aliphatic rings. The van der Waals surface area contributed by atoms with Crippen molar-refractivity contribution >= 4 is 0 Å². The van der Waals surface area contributed by atoms with Crippen LogP contribution >= 0.6 is 0 Å². The molecule has 0 fully saturated rings. The van der Waals surface area contributed by atoms with Gasteiger partial charge in [-0.3, -0.25) is 0 Å². The minimum Gasteiger partial charge on any atom is -0.313 e. The molecule has 19 heavy (non-hydrogen) atoms. The maximum absolute atomic E-state index is 8.93. The van der Waals surface area contributed by atoms with Crippen LogP contribution in [0.5, 0.6) is 0 Å². The molecule has 0 radical (unpaired) electrons. The fourth-order valence-corrected chi connectivity index (χ4v) is 1.96. The minimum atomic E-state index is -0.194. The van der Waals surface area contributed by atoms with E-state index in [1.54, 1.807) is 0 Å². The standard InChI is InChI=1S/C17H26N2/c1-14(2)16-8-6-15(7-9-16)12-19-11-5-10-17(3,4)13-18/h6-9,14,19H,5,10-12H2,1-4H3. The van der Waals surface area contributed by atoms with Crippen LogP contribution in [0.4, 0.5) is 0 Å². The Labute approximate surface area is 117 Å². The van der Waals surface area contributed by atoms with Gasteiger partial charge >= 0.3 is 0 Å². The number of hydrogen-bond acceptors (Lipinski definition) is 2. The fourth-order valence-electron chi connectivity index (χ4n) is 1.96. The molecule has 2 nitrogen and oxygen atoms in total. The highest BCUT2D eigenvalue weighted by Gasteiger charge is 2.15. The molecule has 0 aliphatic heterocycles. The zero-order valence-corrected chi connectivity index (χ0v) is 12.7. The monoisotopic (exact) mass is 258 g/mol. The summed E-state index contributed by atoms with van der Waals surface area (Å²) in [4.78, 5) is 0. The molecule has 0 spiro atoms. The topological polar surface area (TPSA) is 35.8 Å². The molecule has 1 N–H and O–H groups in total. The van der Waals surface area contributed by atoms with E-state index in [1.165, 1.54) is 11.1 Å². The van der Waals surface area contributed by atoms with E-state index in [2.05, 4.69) is 49.5 Å². The Hall–Kier alpha value is -1.33. The van der Waals surface area contributed by atoms with E-state index in [4.69, 9.17) is 5.26 Å². The molecule has 1 aromatic rings. The van der Waals surface area contributed by atoms with Crippen LogP contribution in [0.2, 0.25) is 0 Å². The van der Waals surface area contributed by atoms with Gasteiger partial charge in [0.15, 0.2) is 0 Å². The molecular formula is C17H26N2. The summed E-state index contributed by atoms with van der Waals surface area (Å²) in [6, 6.07) is 11.1. The van der Waals surface area contributed by atoms with Crippen molar-refractivity contribution in [3.8, 4) is 6.07 Å². The molecule has 0 saturated carbocycles.